The topological polar surface area (TPSA) is 77.8 Å². The van der Waals surface area contributed by atoms with E-state index in [1.165, 1.54) is 0 Å². The summed E-state index contributed by atoms with van der Waals surface area (Å²) in [5, 5.41) is 24.0. The van der Waals surface area contributed by atoms with Crippen molar-refractivity contribution in [3.63, 3.8) is 0 Å². The highest BCUT2D eigenvalue weighted by Crippen LogP contribution is 2.18. The average molecular weight is 214 g/mol. The number of hydrogen-bond donors (Lipinski definition) is 3. The van der Waals surface area contributed by atoms with Gasteiger partial charge in [0.1, 0.15) is 0 Å². The number of aliphatic hydroxyl groups excluding tert-OH is 2. The molecule has 74 valence electrons. The van der Waals surface area contributed by atoms with E-state index in [2.05, 4.69) is 0 Å². The highest BCUT2D eigenvalue weighted by Gasteiger charge is 1.85. The van der Waals surface area contributed by atoms with Crippen LogP contribution in [0.4, 0.5) is 0 Å². The molecule has 0 saturated carbocycles. The molecule has 0 aromatic heterocycles. The molecule has 0 bridgehead atoms. The fourth-order valence-corrected chi connectivity index (χ4v) is 1.73. The Morgan fingerprint density at radius 3 is 1.58 bits per heavy atom. The molecule has 0 aromatic carbocycles. The lowest BCUT2D eigenvalue weighted by Crippen LogP contribution is -1.85. The number of rotatable bonds is 5. The van der Waals surface area contributed by atoms with Crippen molar-refractivity contribution >= 4 is 27.6 Å². The van der Waals surface area contributed by atoms with Crippen molar-refractivity contribution in [1.82, 2.24) is 0 Å². The predicted octanol–water partition coefficient (Wildman–Crippen LogP) is 0.443. The van der Waals surface area contributed by atoms with E-state index in [1.807, 2.05) is 0 Å². The van der Waals surface area contributed by atoms with E-state index in [0.29, 0.717) is 0 Å². The summed E-state index contributed by atoms with van der Waals surface area (Å²) in [6.07, 6.45) is 0. The summed E-state index contributed by atoms with van der Waals surface area (Å²) in [6, 6.07) is 0. The highest BCUT2D eigenvalue weighted by molar-refractivity contribution is 8.76. The Labute approximate surface area is 79.8 Å². The van der Waals surface area contributed by atoms with Gasteiger partial charge in [-0.3, -0.25) is 4.79 Å². The minimum absolute atomic E-state index is 0.225. The summed E-state index contributed by atoms with van der Waals surface area (Å²) in [6.45, 7) is 1.53. The van der Waals surface area contributed by atoms with Gasteiger partial charge < -0.3 is 15.3 Å². The molecule has 0 aliphatic carbocycles. The molecule has 4 nitrogen and oxygen atoms in total. The van der Waals surface area contributed by atoms with Crippen LogP contribution in [0.1, 0.15) is 6.92 Å². The van der Waals surface area contributed by atoms with Gasteiger partial charge in [-0.25, -0.2) is 0 Å². The number of carbonyl (C=O) groups is 1. The lowest BCUT2D eigenvalue weighted by atomic mass is 10.9. The van der Waals surface area contributed by atoms with Gasteiger partial charge in [0.25, 0.3) is 5.97 Å². The van der Waals surface area contributed by atoms with Crippen LogP contribution in [0.2, 0.25) is 0 Å². The van der Waals surface area contributed by atoms with Gasteiger partial charge in [0, 0.05) is 18.4 Å². The van der Waals surface area contributed by atoms with Gasteiger partial charge in [0.05, 0.1) is 13.2 Å². The van der Waals surface area contributed by atoms with E-state index >= 15 is 0 Å². The molecule has 0 spiro atoms. The molecule has 12 heavy (non-hydrogen) atoms. The fraction of sp³-hybridized carbons (Fsp3) is 0.833. The Balaban J connectivity index is 0. The van der Waals surface area contributed by atoms with Crippen molar-refractivity contribution in [2.24, 2.45) is 0 Å². The summed E-state index contributed by atoms with van der Waals surface area (Å²) in [4.78, 5) is 9.00. The fourth-order valence-electron chi connectivity index (χ4n) is 0.192. The first-order valence-electron chi connectivity index (χ1n) is 3.30. The van der Waals surface area contributed by atoms with Crippen LogP contribution in [0.3, 0.4) is 0 Å². The number of aliphatic carboxylic acids is 1. The first-order valence-corrected chi connectivity index (χ1v) is 5.79. The van der Waals surface area contributed by atoms with Crippen LogP contribution in [-0.2, 0) is 4.79 Å². The predicted molar refractivity (Wildman–Crippen MR) is 52.4 cm³/mol. The molecule has 0 aliphatic heterocycles. The molecule has 0 aliphatic rings. The van der Waals surface area contributed by atoms with Crippen LogP contribution < -0.4 is 0 Å². The number of carboxylic acid groups (broad SMARTS) is 1. The molecule has 0 atom stereocenters. The minimum atomic E-state index is -0.833. The van der Waals surface area contributed by atoms with E-state index in [9.17, 15) is 0 Å². The highest BCUT2D eigenvalue weighted by atomic mass is 33.1. The number of carboxylic acids is 1. The standard InChI is InChI=1S/C4H10O2S2.C2H4O2/c5-1-3-7-8-4-2-6;1-2(3)4/h5-6H,1-4H2;1H3,(H,3,4). The molecule has 0 aromatic rings. The maximum absolute atomic E-state index is 9.00. The van der Waals surface area contributed by atoms with Gasteiger partial charge in [-0.05, 0) is 0 Å². The second kappa shape index (κ2) is 13.7. The Morgan fingerprint density at radius 2 is 1.42 bits per heavy atom. The van der Waals surface area contributed by atoms with Gasteiger partial charge in [-0.2, -0.15) is 0 Å². The zero-order valence-electron chi connectivity index (χ0n) is 6.89. The first-order chi connectivity index (χ1) is 5.65. The maximum atomic E-state index is 9.00. The summed E-state index contributed by atoms with van der Waals surface area (Å²) in [5.74, 6) is 0.676. The molecule has 0 unspecified atom stereocenters. The van der Waals surface area contributed by atoms with Crippen molar-refractivity contribution in [1.29, 1.82) is 0 Å². The monoisotopic (exact) mass is 214 g/mol. The van der Waals surface area contributed by atoms with Crippen LogP contribution in [0.5, 0.6) is 0 Å². The Kier molecular flexibility index (Phi) is 16.6. The number of aliphatic hydroxyl groups is 2. The van der Waals surface area contributed by atoms with Crippen molar-refractivity contribution < 1.29 is 20.1 Å². The molecule has 0 radical (unpaired) electrons. The van der Waals surface area contributed by atoms with Crippen LogP contribution in [-0.4, -0.2) is 46.0 Å². The van der Waals surface area contributed by atoms with Gasteiger partial charge in [-0.15, -0.1) is 0 Å². The third-order valence-corrected chi connectivity index (χ3v) is 2.80. The summed E-state index contributed by atoms with van der Waals surface area (Å²) < 4.78 is 0. The van der Waals surface area contributed by atoms with Crippen LogP contribution in [0, 0.1) is 0 Å². The SMILES string of the molecule is CC(=O)O.OCCSSCCO. The average Bonchev–Trinajstić information content (AvgIpc) is 1.97. The van der Waals surface area contributed by atoms with Gasteiger partial charge in [0.2, 0.25) is 0 Å². The molecular weight excluding hydrogens is 200 g/mol. The zero-order chi connectivity index (χ0) is 9.82. The smallest absolute Gasteiger partial charge is 0.300 e. The van der Waals surface area contributed by atoms with Crippen LogP contribution in [0.25, 0.3) is 0 Å². The third-order valence-electron chi connectivity index (χ3n) is 0.433. The Hall–Kier alpha value is 0.0900. The second-order valence-corrected chi connectivity index (χ2v) is 4.31. The van der Waals surface area contributed by atoms with E-state index in [4.69, 9.17) is 20.1 Å². The van der Waals surface area contributed by atoms with Crippen molar-refractivity contribution in [3.05, 3.63) is 0 Å². The van der Waals surface area contributed by atoms with E-state index in [-0.39, 0.29) is 13.2 Å². The largest absolute Gasteiger partial charge is 0.481 e. The van der Waals surface area contributed by atoms with Crippen molar-refractivity contribution in [2.45, 2.75) is 6.92 Å². The summed E-state index contributed by atoms with van der Waals surface area (Å²) in [5.41, 5.74) is 0. The van der Waals surface area contributed by atoms with Gasteiger partial charge in [0.15, 0.2) is 0 Å². The molecule has 0 saturated heterocycles. The molecule has 0 amide bonds. The normalized spacial score (nSPS) is 8.58. The summed E-state index contributed by atoms with van der Waals surface area (Å²) >= 11 is 0. The van der Waals surface area contributed by atoms with Crippen LogP contribution in [0.15, 0.2) is 0 Å². The molecule has 0 fully saturated rings. The molecular formula is C6H14O4S2. The Morgan fingerprint density at radius 1 is 1.17 bits per heavy atom. The van der Waals surface area contributed by atoms with E-state index in [0.717, 1.165) is 18.4 Å². The van der Waals surface area contributed by atoms with E-state index in [1.54, 1.807) is 21.6 Å². The van der Waals surface area contributed by atoms with Crippen LogP contribution >= 0.6 is 21.6 Å². The lowest BCUT2D eigenvalue weighted by molar-refractivity contribution is -0.134. The molecule has 3 N–H and O–H groups in total. The van der Waals surface area contributed by atoms with Crippen molar-refractivity contribution in [3.8, 4) is 0 Å². The summed E-state index contributed by atoms with van der Waals surface area (Å²) in [7, 11) is 3.17. The molecule has 0 rings (SSSR count). The second-order valence-electron chi connectivity index (χ2n) is 1.61. The van der Waals surface area contributed by atoms with Crippen molar-refractivity contribution in [2.75, 3.05) is 24.7 Å². The minimum Gasteiger partial charge on any atom is -0.481 e. The van der Waals surface area contributed by atoms with Gasteiger partial charge in [-0.1, -0.05) is 21.6 Å². The quantitative estimate of drug-likeness (QED) is 0.455. The maximum Gasteiger partial charge on any atom is 0.300 e. The number of hydrogen-bond acceptors (Lipinski definition) is 5. The molecule has 6 heteroatoms. The third kappa shape index (κ3) is 32.2. The first kappa shape index (κ1) is 14.6. The Bertz CT molecular complexity index is 89.5. The zero-order valence-corrected chi connectivity index (χ0v) is 8.53. The van der Waals surface area contributed by atoms with Gasteiger partial charge >= 0.3 is 0 Å². The molecule has 0 heterocycles. The van der Waals surface area contributed by atoms with E-state index < -0.39 is 5.97 Å². The lowest BCUT2D eigenvalue weighted by Gasteiger charge is -1.93.